The Morgan fingerprint density at radius 3 is 2.79 bits per heavy atom. The molecule has 6 aromatic rings. The lowest BCUT2D eigenvalue weighted by Crippen LogP contribution is -1.95. The maximum atomic E-state index is 4.78. The first-order valence-electron chi connectivity index (χ1n) is 8.96. The molecule has 0 spiro atoms. The highest BCUT2D eigenvalue weighted by molar-refractivity contribution is 5.92. The summed E-state index contributed by atoms with van der Waals surface area (Å²) in [6, 6.07) is 5.76. The molecule has 6 heterocycles. The van der Waals surface area contributed by atoms with E-state index in [2.05, 4.69) is 35.3 Å². The van der Waals surface area contributed by atoms with Crippen LogP contribution < -0.4 is 0 Å². The molecular weight excluding hydrogens is 368 g/mol. The Morgan fingerprint density at radius 1 is 1.00 bits per heavy atom. The number of aromatic nitrogens is 10. The summed E-state index contributed by atoms with van der Waals surface area (Å²) in [6.45, 7) is 1.94. The number of nitrogens with zero attached hydrogens (tertiary/aromatic N) is 7. The largest absolute Gasteiger partial charge is 0.336 e. The van der Waals surface area contributed by atoms with E-state index in [-0.39, 0.29) is 0 Å². The van der Waals surface area contributed by atoms with Gasteiger partial charge in [0.05, 0.1) is 28.6 Å². The highest BCUT2D eigenvalue weighted by Crippen LogP contribution is 2.28. The van der Waals surface area contributed by atoms with Gasteiger partial charge >= 0.3 is 0 Å². The first-order valence-corrected chi connectivity index (χ1v) is 8.96. The van der Waals surface area contributed by atoms with Crippen molar-refractivity contribution in [3.63, 3.8) is 0 Å². The Morgan fingerprint density at radius 2 is 1.97 bits per heavy atom. The van der Waals surface area contributed by atoms with E-state index in [0.717, 1.165) is 39.0 Å². The highest BCUT2D eigenvalue weighted by Gasteiger charge is 2.17. The molecule has 0 amide bonds. The van der Waals surface area contributed by atoms with E-state index in [9.17, 15) is 0 Å². The topological polar surface area (TPSA) is 130 Å². The van der Waals surface area contributed by atoms with Gasteiger partial charge in [-0.2, -0.15) is 10.2 Å². The van der Waals surface area contributed by atoms with Crippen LogP contribution >= 0.6 is 0 Å². The standard InChI is InChI=1S/C19H14N10/c1-10-8-29(9-21-10)19-16-13(4-5-20-19)25-18(26-16)17-15-14(27-28-17)3-2-12(24-15)11-6-22-23-7-11/h2-9H,1H3,(H,22,23)(H,25,26)(H,27,28). The van der Waals surface area contributed by atoms with Crippen molar-refractivity contribution in [1.82, 2.24) is 49.9 Å². The number of aromatic amines is 3. The van der Waals surface area contributed by atoms with Gasteiger partial charge in [-0.05, 0) is 25.1 Å². The van der Waals surface area contributed by atoms with Gasteiger partial charge in [-0.1, -0.05) is 0 Å². The minimum atomic E-state index is 0.620. The summed E-state index contributed by atoms with van der Waals surface area (Å²) in [5.74, 6) is 1.33. The maximum absolute atomic E-state index is 4.78. The Hall–Kier alpha value is -4.34. The van der Waals surface area contributed by atoms with Crippen LogP contribution in [0.5, 0.6) is 0 Å². The Labute approximate surface area is 163 Å². The third-order valence-corrected chi connectivity index (χ3v) is 4.76. The summed E-state index contributed by atoms with van der Waals surface area (Å²) in [6.07, 6.45) is 8.93. The van der Waals surface area contributed by atoms with E-state index < -0.39 is 0 Å². The molecule has 3 N–H and O–H groups in total. The fourth-order valence-electron chi connectivity index (χ4n) is 3.38. The van der Waals surface area contributed by atoms with Gasteiger partial charge in [0.25, 0.3) is 0 Å². The minimum absolute atomic E-state index is 0.620. The zero-order valence-electron chi connectivity index (χ0n) is 15.2. The Bertz CT molecular complexity index is 1470. The van der Waals surface area contributed by atoms with Crippen molar-refractivity contribution in [1.29, 1.82) is 0 Å². The minimum Gasteiger partial charge on any atom is -0.336 e. The summed E-state index contributed by atoms with van der Waals surface area (Å²) in [7, 11) is 0. The first-order chi connectivity index (χ1) is 14.3. The van der Waals surface area contributed by atoms with E-state index in [4.69, 9.17) is 9.97 Å². The number of hydrogen-bond donors (Lipinski definition) is 3. The summed E-state index contributed by atoms with van der Waals surface area (Å²) < 4.78 is 1.86. The van der Waals surface area contributed by atoms with Gasteiger partial charge in [0.15, 0.2) is 17.3 Å². The van der Waals surface area contributed by atoms with Gasteiger partial charge in [-0.15, -0.1) is 0 Å². The molecule has 0 saturated carbocycles. The van der Waals surface area contributed by atoms with Crippen molar-refractivity contribution < 1.29 is 0 Å². The van der Waals surface area contributed by atoms with Crippen LogP contribution in [0.1, 0.15) is 5.69 Å². The molecular formula is C19H14N10. The second-order valence-corrected chi connectivity index (χ2v) is 6.69. The van der Waals surface area contributed by atoms with Gasteiger partial charge in [-0.25, -0.2) is 19.9 Å². The molecule has 0 radical (unpaired) electrons. The van der Waals surface area contributed by atoms with E-state index in [1.54, 1.807) is 24.9 Å². The number of imidazole rings is 2. The SMILES string of the molecule is Cc1cn(-c2nccc3[nH]c(-c4n[nH]c5ccc(-c6cn[nH]c6)nc45)nc23)cn1. The van der Waals surface area contributed by atoms with Crippen LogP contribution in [0.4, 0.5) is 0 Å². The van der Waals surface area contributed by atoms with Crippen LogP contribution in [0.3, 0.4) is 0 Å². The average Bonchev–Trinajstić information content (AvgIpc) is 3.51. The molecule has 0 bridgehead atoms. The Kier molecular flexibility index (Phi) is 3.15. The predicted octanol–water partition coefficient (Wildman–Crippen LogP) is 2.78. The van der Waals surface area contributed by atoms with Crippen LogP contribution in [0.15, 0.2) is 49.3 Å². The fraction of sp³-hybridized carbons (Fsp3) is 0.0526. The van der Waals surface area contributed by atoms with Gasteiger partial charge in [0.1, 0.15) is 17.4 Å². The van der Waals surface area contributed by atoms with Crippen molar-refractivity contribution in [2.75, 3.05) is 0 Å². The van der Waals surface area contributed by atoms with Crippen molar-refractivity contribution in [3.05, 3.63) is 55.0 Å². The van der Waals surface area contributed by atoms with Crippen LogP contribution in [-0.4, -0.2) is 49.9 Å². The number of rotatable bonds is 3. The Balaban J connectivity index is 1.53. The number of H-pyrrole nitrogens is 3. The van der Waals surface area contributed by atoms with E-state index in [0.29, 0.717) is 17.3 Å². The smallest absolute Gasteiger partial charge is 0.166 e. The third-order valence-electron chi connectivity index (χ3n) is 4.76. The molecule has 0 aliphatic rings. The third kappa shape index (κ3) is 2.42. The summed E-state index contributed by atoms with van der Waals surface area (Å²) in [4.78, 5) is 21.6. The molecule has 10 nitrogen and oxygen atoms in total. The van der Waals surface area contributed by atoms with Crippen LogP contribution in [0, 0.1) is 6.92 Å². The monoisotopic (exact) mass is 382 g/mol. The van der Waals surface area contributed by atoms with Gasteiger partial charge < -0.3 is 4.98 Å². The molecule has 0 fully saturated rings. The molecule has 0 aliphatic carbocycles. The van der Waals surface area contributed by atoms with Gasteiger partial charge in [0, 0.05) is 24.2 Å². The van der Waals surface area contributed by atoms with Gasteiger partial charge in [0.2, 0.25) is 0 Å². The number of pyridine rings is 2. The molecule has 6 rings (SSSR count). The van der Waals surface area contributed by atoms with E-state index in [1.165, 1.54) is 0 Å². The molecule has 0 atom stereocenters. The normalized spacial score (nSPS) is 11.6. The molecule has 29 heavy (non-hydrogen) atoms. The van der Waals surface area contributed by atoms with Crippen molar-refractivity contribution >= 4 is 22.1 Å². The van der Waals surface area contributed by atoms with Crippen LogP contribution in [0.25, 0.3) is 50.7 Å². The summed E-state index contributed by atoms with van der Waals surface area (Å²) in [5, 5.41) is 14.3. The fourth-order valence-corrected chi connectivity index (χ4v) is 3.38. The summed E-state index contributed by atoms with van der Waals surface area (Å²) in [5.41, 5.74) is 6.43. The lowest BCUT2D eigenvalue weighted by atomic mass is 10.2. The van der Waals surface area contributed by atoms with E-state index >= 15 is 0 Å². The average molecular weight is 382 g/mol. The molecule has 0 aliphatic heterocycles. The number of fused-ring (bicyclic) bond motifs is 2. The van der Waals surface area contributed by atoms with Crippen LogP contribution in [-0.2, 0) is 0 Å². The second kappa shape index (κ2) is 5.83. The van der Waals surface area contributed by atoms with Crippen molar-refractivity contribution in [2.45, 2.75) is 6.92 Å². The van der Waals surface area contributed by atoms with Crippen molar-refractivity contribution in [2.24, 2.45) is 0 Å². The first kappa shape index (κ1) is 15.7. The quantitative estimate of drug-likeness (QED) is 0.431. The lowest BCUT2D eigenvalue weighted by Gasteiger charge is -2.00. The zero-order valence-corrected chi connectivity index (χ0v) is 15.2. The number of nitrogens with one attached hydrogen (secondary N) is 3. The molecule has 6 aromatic heterocycles. The van der Waals surface area contributed by atoms with Crippen LogP contribution in [0.2, 0.25) is 0 Å². The zero-order chi connectivity index (χ0) is 19.4. The molecule has 10 heteroatoms. The number of hydrogen-bond acceptors (Lipinski definition) is 6. The predicted molar refractivity (Wildman–Crippen MR) is 106 cm³/mol. The molecule has 0 unspecified atom stereocenters. The van der Waals surface area contributed by atoms with E-state index in [1.807, 2.05) is 35.9 Å². The second-order valence-electron chi connectivity index (χ2n) is 6.69. The maximum Gasteiger partial charge on any atom is 0.166 e. The van der Waals surface area contributed by atoms with Gasteiger partial charge in [-0.3, -0.25) is 14.8 Å². The lowest BCUT2D eigenvalue weighted by molar-refractivity contribution is 1.00. The van der Waals surface area contributed by atoms with Crippen molar-refractivity contribution in [3.8, 4) is 28.6 Å². The molecule has 0 aromatic carbocycles. The number of aryl methyl sites for hydroxylation is 1. The summed E-state index contributed by atoms with van der Waals surface area (Å²) >= 11 is 0. The highest BCUT2D eigenvalue weighted by atomic mass is 15.2. The molecule has 0 saturated heterocycles. The molecule has 140 valence electrons.